The summed E-state index contributed by atoms with van der Waals surface area (Å²) in [4.78, 5) is 12.6. The second-order valence-corrected chi connectivity index (χ2v) is 6.22. The fraction of sp³-hybridized carbons (Fsp3) is 0.0588. The molecule has 0 saturated carbocycles. The Bertz CT molecular complexity index is 1020. The van der Waals surface area contributed by atoms with Gasteiger partial charge in [-0.2, -0.15) is 18.3 Å². The normalized spacial score (nSPS) is 11.7. The minimum absolute atomic E-state index is 0.425. The summed E-state index contributed by atoms with van der Waals surface area (Å²) in [5, 5.41) is 6.41. The van der Waals surface area contributed by atoms with Crippen molar-refractivity contribution in [2.75, 3.05) is 0 Å². The second kappa shape index (κ2) is 6.34. The molecule has 3 heterocycles. The van der Waals surface area contributed by atoms with Crippen LogP contribution in [0.1, 0.15) is 5.56 Å². The van der Waals surface area contributed by atoms with Gasteiger partial charge in [0.25, 0.3) is 0 Å². The molecule has 0 unspecified atom stereocenters. The Balaban J connectivity index is 1.62. The SMILES string of the molecule is FC(F)(F)c1cccc(-c2csc(-c3ccc(-n4cncn4)nc3)n2)c1. The number of hydrogen-bond acceptors (Lipinski definition) is 5. The average molecular weight is 373 g/mol. The number of alkyl halides is 3. The van der Waals surface area contributed by atoms with Gasteiger partial charge in [0.1, 0.15) is 17.7 Å². The van der Waals surface area contributed by atoms with Crippen LogP contribution < -0.4 is 0 Å². The maximum absolute atomic E-state index is 12.9. The predicted molar refractivity (Wildman–Crippen MR) is 90.7 cm³/mol. The lowest BCUT2D eigenvalue weighted by Gasteiger charge is -2.07. The van der Waals surface area contributed by atoms with Crippen molar-refractivity contribution in [3.63, 3.8) is 0 Å². The number of nitrogens with zero attached hydrogens (tertiary/aromatic N) is 5. The topological polar surface area (TPSA) is 56.5 Å². The highest BCUT2D eigenvalue weighted by atomic mass is 32.1. The van der Waals surface area contributed by atoms with Crippen LogP contribution in [-0.4, -0.2) is 24.7 Å². The van der Waals surface area contributed by atoms with Crippen LogP contribution in [0.3, 0.4) is 0 Å². The molecule has 0 aliphatic carbocycles. The van der Waals surface area contributed by atoms with Crippen LogP contribution in [0.5, 0.6) is 0 Å². The van der Waals surface area contributed by atoms with Crippen molar-refractivity contribution in [3.8, 4) is 27.6 Å². The number of rotatable bonds is 3. The van der Waals surface area contributed by atoms with Crippen molar-refractivity contribution < 1.29 is 13.2 Å². The fourth-order valence-corrected chi connectivity index (χ4v) is 3.19. The maximum Gasteiger partial charge on any atom is 0.416 e. The summed E-state index contributed by atoms with van der Waals surface area (Å²) in [5.41, 5.74) is 1.01. The molecule has 0 N–H and O–H groups in total. The third kappa shape index (κ3) is 3.21. The third-order valence-corrected chi connectivity index (χ3v) is 4.53. The molecule has 0 amide bonds. The van der Waals surface area contributed by atoms with Gasteiger partial charge in [0.15, 0.2) is 5.82 Å². The monoisotopic (exact) mass is 373 g/mol. The van der Waals surface area contributed by atoms with Crippen LogP contribution in [0.2, 0.25) is 0 Å². The van der Waals surface area contributed by atoms with Gasteiger partial charge < -0.3 is 0 Å². The molecule has 130 valence electrons. The number of thiazole rings is 1. The van der Waals surface area contributed by atoms with Gasteiger partial charge in [-0.1, -0.05) is 12.1 Å². The zero-order valence-corrected chi connectivity index (χ0v) is 13.9. The number of pyridine rings is 1. The Kier molecular flexibility index (Phi) is 4.00. The number of benzene rings is 1. The van der Waals surface area contributed by atoms with E-state index in [2.05, 4.69) is 20.1 Å². The highest BCUT2D eigenvalue weighted by molar-refractivity contribution is 7.13. The standard InChI is InChI=1S/C17H10F3N5S/c18-17(19,20)13-3-1-2-11(6-13)14-8-26-16(24-14)12-4-5-15(22-7-12)25-10-21-9-23-25/h1-10H. The van der Waals surface area contributed by atoms with Crippen molar-refractivity contribution in [2.24, 2.45) is 0 Å². The molecule has 0 radical (unpaired) electrons. The van der Waals surface area contributed by atoms with E-state index in [4.69, 9.17) is 0 Å². The number of halogens is 3. The lowest BCUT2D eigenvalue weighted by atomic mass is 10.1. The van der Waals surface area contributed by atoms with Crippen LogP contribution in [0.4, 0.5) is 13.2 Å². The van der Waals surface area contributed by atoms with Crippen molar-refractivity contribution >= 4 is 11.3 Å². The van der Waals surface area contributed by atoms with Gasteiger partial charge in [-0.05, 0) is 24.3 Å². The van der Waals surface area contributed by atoms with Crippen LogP contribution in [0.15, 0.2) is 60.6 Å². The summed E-state index contributed by atoms with van der Waals surface area (Å²) < 4.78 is 40.1. The Hall–Kier alpha value is -3.07. The van der Waals surface area contributed by atoms with E-state index in [9.17, 15) is 13.2 Å². The summed E-state index contributed by atoms with van der Waals surface area (Å²) in [5.74, 6) is 0.612. The average Bonchev–Trinajstić information content (AvgIpc) is 3.33. The molecule has 0 saturated heterocycles. The zero-order chi connectivity index (χ0) is 18.1. The largest absolute Gasteiger partial charge is 0.416 e. The van der Waals surface area contributed by atoms with Gasteiger partial charge in [-0.25, -0.2) is 19.6 Å². The summed E-state index contributed by atoms with van der Waals surface area (Å²) in [6.45, 7) is 0. The summed E-state index contributed by atoms with van der Waals surface area (Å²) in [6, 6.07) is 8.74. The molecule has 26 heavy (non-hydrogen) atoms. The molecular weight excluding hydrogens is 363 g/mol. The van der Waals surface area contributed by atoms with Gasteiger partial charge in [0.2, 0.25) is 0 Å². The van der Waals surface area contributed by atoms with E-state index >= 15 is 0 Å². The van der Waals surface area contributed by atoms with E-state index in [1.165, 1.54) is 34.7 Å². The molecule has 0 atom stereocenters. The molecule has 4 rings (SSSR count). The van der Waals surface area contributed by atoms with Crippen LogP contribution >= 0.6 is 11.3 Å². The first-order chi connectivity index (χ1) is 12.5. The van der Waals surface area contributed by atoms with E-state index in [0.717, 1.165) is 17.7 Å². The van der Waals surface area contributed by atoms with E-state index in [1.54, 1.807) is 23.7 Å². The maximum atomic E-state index is 12.9. The Morgan fingerprint density at radius 1 is 1.04 bits per heavy atom. The molecule has 0 aliphatic heterocycles. The number of aromatic nitrogens is 5. The smallest absolute Gasteiger partial charge is 0.236 e. The molecule has 4 aromatic rings. The molecule has 5 nitrogen and oxygen atoms in total. The molecule has 0 fully saturated rings. The first kappa shape index (κ1) is 16.4. The highest BCUT2D eigenvalue weighted by Crippen LogP contribution is 2.33. The summed E-state index contributed by atoms with van der Waals surface area (Å²) in [7, 11) is 0. The van der Waals surface area contributed by atoms with Gasteiger partial charge in [-0.3, -0.25) is 0 Å². The molecule has 9 heteroatoms. The fourth-order valence-electron chi connectivity index (χ4n) is 2.37. The molecule has 0 aliphatic rings. The first-order valence-electron chi connectivity index (χ1n) is 7.45. The lowest BCUT2D eigenvalue weighted by molar-refractivity contribution is -0.137. The third-order valence-electron chi connectivity index (χ3n) is 3.64. The number of hydrogen-bond donors (Lipinski definition) is 0. The summed E-state index contributed by atoms with van der Waals surface area (Å²) >= 11 is 1.35. The minimum Gasteiger partial charge on any atom is -0.236 e. The van der Waals surface area contributed by atoms with Gasteiger partial charge in [0, 0.05) is 22.7 Å². The van der Waals surface area contributed by atoms with Crippen LogP contribution in [-0.2, 0) is 6.18 Å². The second-order valence-electron chi connectivity index (χ2n) is 5.36. The Labute approximate surface area is 149 Å². The van der Waals surface area contributed by atoms with Crippen LogP contribution in [0.25, 0.3) is 27.6 Å². The van der Waals surface area contributed by atoms with Crippen molar-refractivity contribution in [3.05, 3.63) is 66.2 Å². The van der Waals surface area contributed by atoms with Gasteiger partial charge in [0.05, 0.1) is 11.3 Å². The first-order valence-corrected chi connectivity index (χ1v) is 8.33. The Morgan fingerprint density at radius 3 is 2.62 bits per heavy atom. The van der Waals surface area contributed by atoms with Crippen molar-refractivity contribution in [2.45, 2.75) is 6.18 Å². The van der Waals surface area contributed by atoms with E-state index in [1.807, 2.05) is 6.07 Å². The minimum atomic E-state index is -4.38. The molecule has 1 aromatic carbocycles. The van der Waals surface area contributed by atoms with E-state index < -0.39 is 11.7 Å². The molecule has 0 spiro atoms. The van der Waals surface area contributed by atoms with E-state index in [-0.39, 0.29) is 0 Å². The lowest BCUT2D eigenvalue weighted by Crippen LogP contribution is -2.04. The molecule has 0 bridgehead atoms. The van der Waals surface area contributed by atoms with E-state index in [0.29, 0.717) is 22.1 Å². The molecule has 3 aromatic heterocycles. The van der Waals surface area contributed by atoms with Gasteiger partial charge in [-0.15, -0.1) is 11.3 Å². The highest BCUT2D eigenvalue weighted by Gasteiger charge is 2.30. The summed E-state index contributed by atoms with van der Waals surface area (Å²) in [6.07, 6.45) is 0.219. The zero-order valence-electron chi connectivity index (χ0n) is 13.1. The quantitative estimate of drug-likeness (QED) is 0.532. The Morgan fingerprint density at radius 2 is 1.92 bits per heavy atom. The predicted octanol–water partition coefficient (Wildman–Crippen LogP) is 4.47. The van der Waals surface area contributed by atoms with Crippen LogP contribution in [0, 0.1) is 0 Å². The van der Waals surface area contributed by atoms with Crippen molar-refractivity contribution in [1.82, 2.24) is 24.7 Å². The van der Waals surface area contributed by atoms with Gasteiger partial charge >= 0.3 is 6.18 Å². The van der Waals surface area contributed by atoms with Crippen molar-refractivity contribution in [1.29, 1.82) is 0 Å². The molecular formula is C17H10F3N5S.